The third-order valence-electron chi connectivity index (χ3n) is 2.22. The summed E-state index contributed by atoms with van der Waals surface area (Å²) in [5.74, 6) is 0.696. The highest BCUT2D eigenvalue weighted by Crippen LogP contribution is 2.11. The molecule has 1 heterocycles. The molecule has 0 amide bonds. The molecule has 0 saturated heterocycles. The molecule has 1 aromatic carbocycles. The van der Waals surface area contributed by atoms with Gasteiger partial charge in [-0.3, -0.25) is 0 Å². The first-order chi connectivity index (χ1) is 7.36. The number of hydrogen-bond acceptors (Lipinski definition) is 3. The van der Waals surface area contributed by atoms with Crippen LogP contribution in [0.5, 0.6) is 0 Å². The van der Waals surface area contributed by atoms with Crippen LogP contribution in [0.1, 0.15) is 17.4 Å². The summed E-state index contributed by atoms with van der Waals surface area (Å²) in [7, 11) is 0. The van der Waals surface area contributed by atoms with Crippen LogP contribution in [0.15, 0.2) is 48.8 Å². The van der Waals surface area contributed by atoms with E-state index in [9.17, 15) is 0 Å². The van der Waals surface area contributed by atoms with Crippen molar-refractivity contribution in [2.24, 2.45) is 5.73 Å². The molecule has 0 saturated carbocycles. The fourth-order valence-electron chi connectivity index (χ4n) is 1.46. The maximum Gasteiger partial charge on any atom is 0.145 e. The summed E-state index contributed by atoms with van der Waals surface area (Å²) in [6, 6.07) is 11.8. The van der Waals surface area contributed by atoms with Crippen LogP contribution >= 0.6 is 12.4 Å². The Morgan fingerprint density at radius 2 is 1.62 bits per heavy atom. The Hall–Kier alpha value is -1.45. The lowest BCUT2D eigenvalue weighted by Gasteiger charge is -2.09. The van der Waals surface area contributed by atoms with Gasteiger partial charge in [-0.15, -0.1) is 12.4 Å². The highest BCUT2D eigenvalue weighted by Gasteiger charge is 2.08. The van der Waals surface area contributed by atoms with Crippen LogP contribution in [0, 0.1) is 0 Å². The molecule has 0 bridgehead atoms. The molecule has 4 heteroatoms. The molecule has 0 aliphatic heterocycles. The van der Waals surface area contributed by atoms with E-state index in [2.05, 4.69) is 22.1 Å². The van der Waals surface area contributed by atoms with Crippen molar-refractivity contribution in [2.45, 2.75) is 12.5 Å². The van der Waals surface area contributed by atoms with E-state index in [-0.39, 0.29) is 18.4 Å². The Kier molecular flexibility index (Phi) is 4.89. The molecule has 3 nitrogen and oxygen atoms in total. The third kappa shape index (κ3) is 3.29. The molecule has 2 rings (SSSR count). The zero-order valence-electron chi connectivity index (χ0n) is 8.78. The van der Waals surface area contributed by atoms with Crippen molar-refractivity contribution in [3.8, 4) is 0 Å². The molecule has 16 heavy (non-hydrogen) atoms. The number of halogens is 1. The van der Waals surface area contributed by atoms with E-state index in [0.717, 1.165) is 6.42 Å². The molecule has 0 aliphatic rings. The zero-order chi connectivity index (χ0) is 10.5. The van der Waals surface area contributed by atoms with Gasteiger partial charge in [0.15, 0.2) is 0 Å². The van der Waals surface area contributed by atoms with Gasteiger partial charge in [-0.2, -0.15) is 0 Å². The fourth-order valence-corrected chi connectivity index (χ4v) is 1.46. The Morgan fingerprint density at radius 1 is 1.00 bits per heavy atom. The zero-order valence-corrected chi connectivity index (χ0v) is 9.60. The Morgan fingerprint density at radius 3 is 2.25 bits per heavy atom. The van der Waals surface area contributed by atoms with Gasteiger partial charge >= 0.3 is 0 Å². The van der Waals surface area contributed by atoms with Crippen molar-refractivity contribution in [1.29, 1.82) is 0 Å². The number of benzene rings is 1. The van der Waals surface area contributed by atoms with Gasteiger partial charge in [-0.25, -0.2) is 9.97 Å². The van der Waals surface area contributed by atoms with Crippen LogP contribution < -0.4 is 5.73 Å². The van der Waals surface area contributed by atoms with E-state index >= 15 is 0 Å². The lowest BCUT2D eigenvalue weighted by atomic mass is 10.1. The van der Waals surface area contributed by atoms with Crippen LogP contribution in [0.25, 0.3) is 0 Å². The predicted octanol–water partition coefficient (Wildman–Crippen LogP) is 2.14. The summed E-state index contributed by atoms with van der Waals surface area (Å²) in [6.45, 7) is 0. The summed E-state index contributed by atoms with van der Waals surface area (Å²) in [5.41, 5.74) is 7.21. The van der Waals surface area contributed by atoms with E-state index in [1.807, 2.05) is 18.2 Å². The van der Waals surface area contributed by atoms with Crippen molar-refractivity contribution >= 4 is 12.4 Å². The second-order valence-electron chi connectivity index (χ2n) is 3.40. The average Bonchev–Trinajstić information content (AvgIpc) is 2.31. The Balaban J connectivity index is 0.00000128. The van der Waals surface area contributed by atoms with Crippen LogP contribution in [-0.4, -0.2) is 9.97 Å². The van der Waals surface area contributed by atoms with E-state index in [4.69, 9.17) is 5.73 Å². The second-order valence-corrected chi connectivity index (χ2v) is 3.40. The van der Waals surface area contributed by atoms with Crippen LogP contribution in [-0.2, 0) is 6.42 Å². The molecule has 1 aromatic heterocycles. The Labute approximate surface area is 101 Å². The highest BCUT2D eigenvalue weighted by atomic mass is 35.5. The third-order valence-corrected chi connectivity index (χ3v) is 2.22. The van der Waals surface area contributed by atoms with Crippen molar-refractivity contribution in [3.05, 3.63) is 60.2 Å². The molecular formula is C12H14ClN3. The van der Waals surface area contributed by atoms with E-state index in [1.54, 1.807) is 18.5 Å². The van der Waals surface area contributed by atoms with Crippen LogP contribution in [0.4, 0.5) is 0 Å². The van der Waals surface area contributed by atoms with Crippen molar-refractivity contribution in [1.82, 2.24) is 9.97 Å². The summed E-state index contributed by atoms with van der Waals surface area (Å²) in [6.07, 6.45) is 4.20. The summed E-state index contributed by atoms with van der Waals surface area (Å²) < 4.78 is 0. The normalized spacial score (nSPS) is 11.6. The van der Waals surface area contributed by atoms with Crippen molar-refractivity contribution < 1.29 is 0 Å². The molecule has 0 fully saturated rings. The van der Waals surface area contributed by atoms with Gasteiger partial charge in [0.2, 0.25) is 0 Å². The molecule has 1 unspecified atom stereocenters. The van der Waals surface area contributed by atoms with Gasteiger partial charge in [0.25, 0.3) is 0 Å². The Bertz CT molecular complexity index is 405. The first-order valence-electron chi connectivity index (χ1n) is 4.92. The monoisotopic (exact) mass is 235 g/mol. The average molecular weight is 236 g/mol. The fraction of sp³-hybridized carbons (Fsp3) is 0.167. The molecule has 0 radical (unpaired) electrons. The summed E-state index contributed by atoms with van der Waals surface area (Å²) >= 11 is 0. The number of nitrogens with two attached hydrogens (primary N) is 1. The minimum atomic E-state index is -0.131. The first-order valence-corrected chi connectivity index (χ1v) is 4.92. The van der Waals surface area contributed by atoms with Gasteiger partial charge in [-0.05, 0) is 18.1 Å². The van der Waals surface area contributed by atoms with Gasteiger partial charge < -0.3 is 5.73 Å². The molecule has 2 N–H and O–H groups in total. The minimum Gasteiger partial charge on any atom is -0.321 e. The van der Waals surface area contributed by atoms with Gasteiger partial charge in [0.1, 0.15) is 5.82 Å². The van der Waals surface area contributed by atoms with Gasteiger partial charge in [-0.1, -0.05) is 30.3 Å². The molecule has 1 atom stereocenters. The quantitative estimate of drug-likeness (QED) is 0.887. The van der Waals surface area contributed by atoms with Crippen LogP contribution in [0.2, 0.25) is 0 Å². The summed E-state index contributed by atoms with van der Waals surface area (Å²) in [4.78, 5) is 8.28. The van der Waals surface area contributed by atoms with E-state index in [1.165, 1.54) is 5.56 Å². The number of aromatic nitrogens is 2. The predicted molar refractivity (Wildman–Crippen MR) is 66.4 cm³/mol. The lowest BCUT2D eigenvalue weighted by Crippen LogP contribution is -2.16. The standard InChI is InChI=1S/C12H13N3.ClH/c13-11(12-14-7-4-8-15-12)9-10-5-2-1-3-6-10;/h1-8,11H,9,13H2;1H. The SMILES string of the molecule is Cl.NC(Cc1ccccc1)c1ncccn1. The number of hydrogen-bond donors (Lipinski definition) is 1. The lowest BCUT2D eigenvalue weighted by molar-refractivity contribution is 0.667. The van der Waals surface area contributed by atoms with Crippen LogP contribution in [0.3, 0.4) is 0 Å². The van der Waals surface area contributed by atoms with Gasteiger partial charge in [0.05, 0.1) is 6.04 Å². The number of nitrogens with zero attached hydrogens (tertiary/aromatic N) is 2. The van der Waals surface area contributed by atoms with Gasteiger partial charge in [0, 0.05) is 12.4 Å². The molecular weight excluding hydrogens is 222 g/mol. The maximum absolute atomic E-state index is 6.00. The molecule has 84 valence electrons. The largest absolute Gasteiger partial charge is 0.321 e. The highest BCUT2D eigenvalue weighted by molar-refractivity contribution is 5.85. The smallest absolute Gasteiger partial charge is 0.145 e. The minimum absolute atomic E-state index is 0. The molecule has 0 spiro atoms. The molecule has 2 aromatic rings. The number of rotatable bonds is 3. The summed E-state index contributed by atoms with van der Waals surface area (Å²) in [5, 5.41) is 0. The molecule has 0 aliphatic carbocycles. The van der Waals surface area contributed by atoms with Crippen molar-refractivity contribution in [3.63, 3.8) is 0 Å². The van der Waals surface area contributed by atoms with Crippen molar-refractivity contribution in [2.75, 3.05) is 0 Å². The van der Waals surface area contributed by atoms with E-state index < -0.39 is 0 Å². The first kappa shape index (κ1) is 12.6. The van der Waals surface area contributed by atoms with E-state index in [0.29, 0.717) is 5.82 Å². The second kappa shape index (κ2) is 6.20. The topological polar surface area (TPSA) is 51.8 Å². The maximum atomic E-state index is 6.00.